The van der Waals surface area contributed by atoms with E-state index in [1.807, 2.05) is 13.8 Å². The minimum atomic E-state index is -3.71. The number of sulfonamides is 2. The number of hydrogen-bond donors (Lipinski definition) is 1. The first-order valence-electron chi connectivity index (χ1n) is 7.35. The Labute approximate surface area is 137 Å². The molecule has 2 rings (SSSR count). The van der Waals surface area contributed by atoms with E-state index in [1.54, 1.807) is 12.1 Å². The quantitative estimate of drug-likeness (QED) is 0.783. The molecule has 1 fully saturated rings. The molecule has 23 heavy (non-hydrogen) atoms. The highest BCUT2D eigenvalue weighted by atomic mass is 32.2. The van der Waals surface area contributed by atoms with Crippen LogP contribution in [0.3, 0.4) is 0 Å². The zero-order chi connectivity index (χ0) is 17.1. The molecule has 0 aromatic heterocycles. The van der Waals surface area contributed by atoms with Crippen molar-refractivity contribution < 1.29 is 21.6 Å². The molecular formula is C14H22N2O5S2. The Morgan fingerprint density at radius 1 is 1.09 bits per heavy atom. The van der Waals surface area contributed by atoms with E-state index in [-0.39, 0.29) is 17.2 Å². The minimum absolute atomic E-state index is 0.143. The topological polar surface area (TPSA) is 92.8 Å². The van der Waals surface area contributed by atoms with Crippen LogP contribution in [0, 0.1) is 13.8 Å². The number of morpholine rings is 1. The molecule has 0 spiro atoms. The molecule has 1 aliphatic heterocycles. The lowest BCUT2D eigenvalue weighted by molar-refractivity contribution is 0.0730. The van der Waals surface area contributed by atoms with Crippen molar-refractivity contribution in [3.05, 3.63) is 29.3 Å². The van der Waals surface area contributed by atoms with Crippen molar-refractivity contribution in [1.82, 2.24) is 9.03 Å². The summed E-state index contributed by atoms with van der Waals surface area (Å²) >= 11 is 0. The third-order valence-corrected chi connectivity index (χ3v) is 7.13. The van der Waals surface area contributed by atoms with E-state index in [0.717, 1.165) is 11.1 Å². The molecule has 0 amide bonds. The van der Waals surface area contributed by atoms with Crippen molar-refractivity contribution in [2.45, 2.75) is 18.7 Å². The summed E-state index contributed by atoms with van der Waals surface area (Å²) in [6.45, 7) is 4.93. The first kappa shape index (κ1) is 18.3. The highest BCUT2D eigenvalue weighted by molar-refractivity contribution is 7.90. The van der Waals surface area contributed by atoms with E-state index < -0.39 is 20.0 Å². The molecule has 1 aromatic carbocycles. The first-order chi connectivity index (χ1) is 10.7. The van der Waals surface area contributed by atoms with Crippen LogP contribution in [0.15, 0.2) is 23.1 Å². The Hall–Kier alpha value is -1.00. The number of nitrogens with one attached hydrogen (secondary N) is 1. The number of nitrogens with zero attached hydrogens (tertiary/aromatic N) is 1. The van der Waals surface area contributed by atoms with Crippen molar-refractivity contribution in [1.29, 1.82) is 0 Å². The summed E-state index contributed by atoms with van der Waals surface area (Å²) in [4.78, 5) is 0.143. The molecule has 1 N–H and O–H groups in total. The zero-order valence-electron chi connectivity index (χ0n) is 13.3. The summed E-state index contributed by atoms with van der Waals surface area (Å²) in [6.07, 6.45) is 0. The summed E-state index contributed by atoms with van der Waals surface area (Å²) in [5, 5.41) is 0. The summed E-state index contributed by atoms with van der Waals surface area (Å²) in [5.41, 5.74) is 1.87. The predicted octanol–water partition coefficient (Wildman–Crippen LogP) is 0.244. The lowest BCUT2D eigenvalue weighted by Gasteiger charge is -2.26. The van der Waals surface area contributed by atoms with Crippen LogP contribution < -0.4 is 4.72 Å². The van der Waals surface area contributed by atoms with Gasteiger partial charge in [-0.15, -0.1) is 0 Å². The highest BCUT2D eigenvalue weighted by Gasteiger charge is 2.24. The Kier molecular flexibility index (Phi) is 5.79. The van der Waals surface area contributed by atoms with Gasteiger partial charge in [-0.1, -0.05) is 6.07 Å². The number of ether oxygens (including phenoxy) is 1. The van der Waals surface area contributed by atoms with Crippen LogP contribution in [0.25, 0.3) is 0 Å². The predicted molar refractivity (Wildman–Crippen MR) is 87.3 cm³/mol. The Morgan fingerprint density at radius 2 is 1.74 bits per heavy atom. The third kappa shape index (κ3) is 4.74. The lowest BCUT2D eigenvalue weighted by Crippen LogP contribution is -2.43. The van der Waals surface area contributed by atoms with Crippen LogP contribution in [0.2, 0.25) is 0 Å². The van der Waals surface area contributed by atoms with Crippen molar-refractivity contribution in [2.24, 2.45) is 0 Å². The van der Waals surface area contributed by atoms with Crippen LogP contribution in [0.5, 0.6) is 0 Å². The number of rotatable bonds is 6. The van der Waals surface area contributed by atoms with Crippen LogP contribution >= 0.6 is 0 Å². The largest absolute Gasteiger partial charge is 0.379 e. The number of hydrogen-bond acceptors (Lipinski definition) is 5. The van der Waals surface area contributed by atoms with E-state index in [4.69, 9.17) is 4.74 Å². The van der Waals surface area contributed by atoms with Gasteiger partial charge in [-0.2, -0.15) is 4.31 Å². The van der Waals surface area contributed by atoms with Gasteiger partial charge in [0.15, 0.2) is 0 Å². The van der Waals surface area contributed by atoms with E-state index in [1.165, 1.54) is 10.4 Å². The molecule has 0 saturated carbocycles. The molecule has 1 saturated heterocycles. The molecular weight excluding hydrogens is 340 g/mol. The van der Waals surface area contributed by atoms with Crippen LogP contribution in [-0.2, 0) is 24.8 Å². The van der Waals surface area contributed by atoms with Crippen molar-refractivity contribution in [2.75, 3.05) is 38.6 Å². The van der Waals surface area contributed by atoms with Crippen molar-refractivity contribution in [3.63, 3.8) is 0 Å². The molecule has 1 aromatic rings. The normalized spacial score (nSPS) is 17.3. The highest BCUT2D eigenvalue weighted by Crippen LogP contribution is 2.14. The molecule has 0 unspecified atom stereocenters. The fourth-order valence-corrected chi connectivity index (χ4v) is 4.79. The van der Waals surface area contributed by atoms with Crippen LogP contribution in [-0.4, -0.2) is 59.7 Å². The molecule has 9 heteroatoms. The van der Waals surface area contributed by atoms with Gasteiger partial charge in [0, 0.05) is 19.6 Å². The van der Waals surface area contributed by atoms with Crippen molar-refractivity contribution >= 4 is 20.0 Å². The third-order valence-electron chi connectivity index (χ3n) is 3.80. The molecule has 1 heterocycles. The van der Waals surface area contributed by atoms with Gasteiger partial charge in [0.2, 0.25) is 20.0 Å². The summed E-state index contributed by atoms with van der Waals surface area (Å²) in [5.74, 6) is -0.267. The molecule has 0 atom stereocenters. The second kappa shape index (κ2) is 7.27. The summed E-state index contributed by atoms with van der Waals surface area (Å²) in [7, 11) is -7.19. The summed E-state index contributed by atoms with van der Waals surface area (Å²) in [6, 6.07) is 4.82. The molecule has 130 valence electrons. The fourth-order valence-electron chi connectivity index (χ4n) is 2.22. The maximum absolute atomic E-state index is 12.2. The van der Waals surface area contributed by atoms with Crippen LogP contribution in [0.4, 0.5) is 0 Å². The number of aryl methyl sites for hydroxylation is 2. The van der Waals surface area contributed by atoms with Gasteiger partial charge in [-0.05, 0) is 37.1 Å². The Bertz CT molecular complexity index is 753. The Morgan fingerprint density at radius 3 is 2.35 bits per heavy atom. The summed E-state index contributed by atoms with van der Waals surface area (Å²) < 4.78 is 57.5. The average Bonchev–Trinajstić information content (AvgIpc) is 2.50. The minimum Gasteiger partial charge on any atom is -0.379 e. The van der Waals surface area contributed by atoms with E-state index in [2.05, 4.69) is 4.72 Å². The van der Waals surface area contributed by atoms with Crippen molar-refractivity contribution in [3.8, 4) is 0 Å². The van der Waals surface area contributed by atoms with Gasteiger partial charge in [0.05, 0.1) is 23.9 Å². The van der Waals surface area contributed by atoms with E-state index >= 15 is 0 Å². The molecule has 0 bridgehead atoms. The smallest absolute Gasteiger partial charge is 0.240 e. The zero-order valence-corrected chi connectivity index (χ0v) is 14.9. The molecule has 0 aliphatic carbocycles. The van der Waals surface area contributed by atoms with E-state index in [0.29, 0.717) is 26.3 Å². The SMILES string of the molecule is Cc1ccc(S(=O)(=O)NCCS(=O)(=O)N2CCOCC2)cc1C. The Balaban J connectivity index is 1.97. The second-order valence-electron chi connectivity index (χ2n) is 5.47. The second-order valence-corrected chi connectivity index (χ2v) is 9.33. The average molecular weight is 362 g/mol. The van der Waals surface area contributed by atoms with E-state index in [9.17, 15) is 16.8 Å². The standard InChI is InChI=1S/C14H22N2O5S2/c1-12-3-4-14(11-13(12)2)23(19,20)15-5-10-22(17,18)16-6-8-21-9-7-16/h3-4,11,15H,5-10H2,1-2H3. The molecule has 1 aliphatic rings. The number of benzene rings is 1. The van der Waals surface area contributed by atoms with Gasteiger partial charge >= 0.3 is 0 Å². The van der Waals surface area contributed by atoms with Gasteiger partial charge < -0.3 is 4.74 Å². The molecule has 7 nitrogen and oxygen atoms in total. The maximum atomic E-state index is 12.2. The maximum Gasteiger partial charge on any atom is 0.240 e. The molecule has 0 radical (unpaired) electrons. The lowest BCUT2D eigenvalue weighted by atomic mass is 10.1. The van der Waals surface area contributed by atoms with Gasteiger partial charge in [0.1, 0.15) is 0 Å². The monoisotopic (exact) mass is 362 g/mol. The van der Waals surface area contributed by atoms with Gasteiger partial charge in [-0.25, -0.2) is 21.6 Å². The fraction of sp³-hybridized carbons (Fsp3) is 0.571. The van der Waals surface area contributed by atoms with Gasteiger partial charge in [-0.3, -0.25) is 0 Å². The van der Waals surface area contributed by atoms with Crippen LogP contribution in [0.1, 0.15) is 11.1 Å². The van der Waals surface area contributed by atoms with Gasteiger partial charge in [0.25, 0.3) is 0 Å². The first-order valence-corrected chi connectivity index (χ1v) is 10.4.